The third kappa shape index (κ3) is 4.98. The molecule has 0 aromatic carbocycles. The Morgan fingerprint density at radius 3 is 2.93 bits per heavy atom. The van der Waals surface area contributed by atoms with Gasteiger partial charge in [-0.1, -0.05) is 17.9 Å². The summed E-state index contributed by atoms with van der Waals surface area (Å²) in [5.74, 6) is 5.33. The standard InChI is InChI=1S/C12H18O3/c1-4-5-6-7-8-13-9-11-10-14-12(2,3)15-11/h4,11H,1,5,8-10H2,2-3H3/t11-/m1/s1. The molecule has 0 aliphatic carbocycles. The summed E-state index contributed by atoms with van der Waals surface area (Å²) in [5, 5.41) is 0. The number of rotatable bonds is 4. The highest BCUT2D eigenvalue weighted by molar-refractivity contribution is 5.02. The minimum absolute atomic E-state index is 0.0289. The van der Waals surface area contributed by atoms with E-state index in [9.17, 15) is 0 Å². The topological polar surface area (TPSA) is 27.7 Å². The lowest BCUT2D eigenvalue weighted by molar-refractivity contribution is -0.144. The fourth-order valence-corrected chi connectivity index (χ4v) is 1.28. The maximum absolute atomic E-state index is 5.56. The monoisotopic (exact) mass is 210 g/mol. The highest BCUT2D eigenvalue weighted by Crippen LogP contribution is 2.22. The average molecular weight is 210 g/mol. The molecule has 0 bridgehead atoms. The summed E-state index contributed by atoms with van der Waals surface area (Å²) in [6, 6.07) is 0. The molecule has 0 aromatic heterocycles. The highest BCUT2D eigenvalue weighted by Gasteiger charge is 2.32. The van der Waals surface area contributed by atoms with Crippen LogP contribution >= 0.6 is 0 Å². The summed E-state index contributed by atoms with van der Waals surface area (Å²) in [5.41, 5.74) is 0. The predicted molar refractivity (Wildman–Crippen MR) is 58.3 cm³/mol. The Kier molecular flexibility index (Phi) is 4.83. The first-order valence-electron chi connectivity index (χ1n) is 5.10. The van der Waals surface area contributed by atoms with Crippen LogP contribution in [-0.2, 0) is 14.2 Å². The molecule has 0 amide bonds. The predicted octanol–water partition coefficient (Wildman–Crippen LogP) is 1.73. The molecule has 1 rings (SSSR count). The molecule has 1 aliphatic rings. The van der Waals surface area contributed by atoms with Crippen molar-refractivity contribution in [1.29, 1.82) is 0 Å². The lowest BCUT2D eigenvalue weighted by Gasteiger charge is -2.16. The van der Waals surface area contributed by atoms with Crippen molar-refractivity contribution in [1.82, 2.24) is 0 Å². The van der Waals surface area contributed by atoms with Gasteiger partial charge in [0.1, 0.15) is 12.7 Å². The molecular weight excluding hydrogens is 192 g/mol. The molecule has 3 heteroatoms. The van der Waals surface area contributed by atoms with E-state index >= 15 is 0 Å². The second kappa shape index (κ2) is 5.92. The molecule has 15 heavy (non-hydrogen) atoms. The van der Waals surface area contributed by atoms with Crippen LogP contribution < -0.4 is 0 Å². The molecule has 0 unspecified atom stereocenters. The molecule has 0 spiro atoms. The molecule has 1 aliphatic heterocycles. The molecule has 1 heterocycles. The van der Waals surface area contributed by atoms with E-state index in [0.717, 1.165) is 0 Å². The Balaban J connectivity index is 2.07. The van der Waals surface area contributed by atoms with Gasteiger partial charge in [0, 0.05) is 6.42 Å². The molecule has 84 valence electrons. The maximum Gasteiger partial charge on any atom is 0.163 e. The molecule has 0 aromatic rings. The van der Waals surface area contributed by atoms with E-state index in [0.29, 0.717) is 26.2 Å². The summed E-state index contributed by atoms with van der Waals surface area (Å²) in [6.45, 7) is 8.94. The van der Waals surface area contributed by atoms with Crippen LogP contribution in [0, 0.1) is 11.8 Å². The number of hydrogen-bond donors (Lipinski definition) is 0. The van der Waals surface area contributed by atoms with Gasteiger partial charge >= 0.3 is 0 Å². The number of ether oxygens (including phenoxy) is 3. The number of allylic oxidation sites excluding steroid dienone is 1. The van der Waals surface area contributed by atoms with E-state index in [2.05, 4.69) is 18.4 Å². The van der Waals surface area contributed by atoms with Crippen molar-refractivity contribution in [2.45, 2.75) is 32.2 Å². The molecule has 0 N–H and O–H groups in total. The molecule has 0 radical (unpaired) electrons. The Bertz CT molecular complexity index is 260. The first-order chi connectivity index (χ1) is 7.14. The van der Waals surface area contributed by atoms with Crippen LogP contribution in [0.2, 0.25) is 0 Å². The van der Waals surface area contributed by atoms with Gasteiger partial charge in [-0.05, 0) is 13.8 Å². The van der Waals surface area contributed by atoms with Crippen LogP contribution in [0.1, 0.15) is 20.3 Å². The molecule has 3 nitrogen and oxygen atoms in total. The Labute approximate surface area is 91.4 Å². The largest absolute Gasteiger partial charge is 0.366 e. The van der Waals surface area contributed by atoms with Crippen LogP contribution in [0.25, 0.3) is 0 Å². The quantitative estimate of drug-likeness (QED) is 0.402. The van der Waals surface area contributed by atoms with Crippen LogP contribution in [-0.4, -0.2) is 31.7 Å². The Morgan fingerprint density at radius 1 is 1.53 bits per heavy atom. The molecule has 1 saturated heterocycles. The van der Waals surface area contributed by atoms with Crippen molar-refractivity contribution >= 4 is 0 Å². The maximum atomic E-state index is 5.56. The smallest absolute Gasteiger partial charge is 0.163 e. The third-order valence-corrected chi connectivity index (χ3v) is 1.92. The zero-order chi connectivity index (χ0) is 11.1. The van der Waals surface area contributed by atoms with Gasteiger partial charge in [-0.2, -0.15) is 0 Å². The second-order valence-electron chi connectivity index (χ2n) is 3.81. The van der Waals surface area contributed by atoms with E-state index in [-0.39, 0.29) is 6.10 Å². The fraction of sp³-hybridized carbons (Fsp3) is 0.667. The average Bonchev–Trinajstić information content (AvgIpc) is 2.52. The van der Waals surface area contributed by atoms with Crippen molar-refractivity contribution in [2.24, 2.45) is 0 Å². The van der Waals surface area contributed by atoms with Crippen molar-refractivity contribution in [3.8, 4) is 11.8 Å². The summed E-state index contributed by atoms with van der Waals surface area (Å²) >= 11 is 0. The summed E-state index contributed by atoms with van der Waals surface area (Å²) in [7, 11) is 0. The Morgan fingerprint density at radius 2 is 2.33 bits per heavy atom. The molecular formula is C12H18O3. The molecule has 1 atom stereocenters. The third-order valence-electron chi connectivity index (χ3n) is 1.92. The molecule has 1 fully saturated rings. The summed E-state index contributed by atoms with van der Waals surface area (Å²) in [6.07, 6.45) is 2.50. The van der Waals surface area contributed by atoms with E-state index in [1.165, 1.54) is 0 Å². The van der Waals surface area contributed by atoms with Crippen molar-refractivity contribution in [2.75, 3.05) is 19.8 Å². The lowest BCUT2D eigenvalue weighted by atomic mass is 10.4. The van der Waals surface area contributed by atoms with Gasteiger partial charge in [0.05, 0.1) is 13.2 Å². The molecule has 0 saturated carbocycles. The van der Waals surface area contributed by atoms with Gasteiger partial charge in [-0.3, -0.25) is 0 Å². The van der Waals surface area contributed by atoms with E-state index < -0.39 is 5.79 Å². The van der Waals surface area contributed by atoms with E-state index in [4.69, 9.17) is 14.2 Å². The Hall–Kier alpha value is -0.820. The van der Waals surface area contributed by atoms with Gasteiger partial charge < -0.3 is 14.2 Å². The number of hydrogen-bond acceptors (Lipinski definition) is 3. The van der Waals surface area contributed by atoms with Gasteiger partial charge in [-0.25, -0.2) is 0 Å². The second-order valence-corrected chi connectivity index (χ2v) is 3.81. The lowest BCUT2D eigenvalue weighted by Crippen LogP contribution is -2.24. The van der Waals surface area contributed by atoms with E-state index in [1.54, 1.807) is 6.08 Å². The van der Waals surface area contributed by atoms with Crippen molar-refractivity contribution in [3.05, 3.63) is 12.7 Å². The van der Waals surface area contributed by atoms with Crippen molar-refractivity contribution in [3.63, 3.8) is 0 Å². The zero-order valence-corrected chi connectivity index (χ0v) is 9.41. The normalized spacial score (nSPS) is 23.2. The zero-order valence-electron chi connectivity index (χ0n) is 9.41. The SMILES string of the molecule is C=CCC#CCOC[C@@H]1COC(C)(C)O1. The first-order valence-corrected chi connectivity index (χ1v) is 5.10. The van der Waals surface area contributed by atoms with Gasteiger partial charge in [0.25, 0.3) is 0 Å². The van der Waals surface area contributed by atoms with Crippen molar-refractivity contribution < 1.29 is 14.2 Å². The van der Waals surface area contributed by atoms with Crippen LogP contribution in [0.4, 0.5) is 0 Å². The summed E-state index contributed by atoms with van der Waals surface area (Å²) < 4.78 is 16.3. The fourth-order valence-electron chi connectivity index (χ4n) is 1.28. The van der Waals surface area contributed by atoms with Crippen LogP contribution in [0.3, 0.4) is 0 Å². The van der Waals surface area contributed by atoms with Gasteiger partial charge in [0.15, 0.2) is 5.79 Å². The minimum Gasteiger partial charge on any atom is -0.366 e. The summed E-state index contributed by atoms with van der Waals surface area (Å²) in [4.78, 5) is 0. The first kappa shape index (κ1) is 12.3. The van der Waals surface area contributed by atoms with Gasteiger partial charge in [-0.15, -0.1) is 6.58 Å². The van der Waals surface area contributed by atoms with Gasteiger partial charge in [0.2, 0.25) is 0 Å². The minimum atomic E-state index is -0.470. The van der Waals surface area contributed by atoms with Crippen LogP contribution in [0.15, 0.2) is 12.7 Å². The highest BCUT2D eigenvalue weighted by atomic mass is 16.7. The van der Waals surface area contributed by atoms with Crippen LogP contribution in [0.5, 0.6) is 0 Å². The van der Waals surface area contributed by atoms with E-state index in [1.807, 2.05) is 13.8 Å².